The molecule has 1 nitrogen and oxygen atoms in total. The van der Waals surface area contributed by atoms with E-state index in [0.29, 0.717) is 0 Å². The smallest absolute Gasteiger partial charge is 0.180 e. The molecule has 0 fully saturated rings. The summed E-state index contributed by atoms with van der Waals surface area (Å²) < 4.78 is 5.19. The van der Waals surface area contributed by atoms with Gasteiger partial charge in [-0.3, -0.25) is 0 Å². The van der Waals surface area contributed by atoms with E-state index in [4.69, 9.17) is 0 Å². The number of hydrogen-bond donors (Lipinski definition) is 0. The third-order valence-corrected chi connectivity index (χ3v) is 26.9. The van der Waals surface area contributed by atoms with Gasteiger partial charge in [-0.2, -0.15) is 0 Å². The minimum absolute atomic E-state index is 1.19. The molecule has 0 amide bonds. The quantitative estimate of drug-likeness (QED) is 0.140. The number of rotatable bonds is 7. The molecule has 2 aliphatic heterocycles. The molecule has 314 valence electrons. The number of thiophene rings is 2. The summed E-state index contributed by atoms with van der Waals surface area (Å²) in [6.45, 7) is 0. The SMILES string of the molecule is c1ccc(-n2c3cc(-c4ccc5c(c4)-c4ccccc4[Si]5(c4ccccc4)c4ccccc4)sc3c3sc(-c4ccc5c(c4)-c4ccccc4[Si]5(c4ccccc4)c4ccccc4)cc32)cc1. The largest absolute Gasteiger partial charge is 0.307 e. The fraction of sp³-hybridized carbons (Fsp3) is 0. The van der Waals surface area contributed by atoms with Crippen molar-refractivity contribution in [1.82, 2.24) is 4.57 Å². The number of fused-ring (bicyclic) bond motifs is 9. The van der Waals surface area contributed by atoms with Crippen LogP contribution >= 0.6 is 22.7 Å². The third-order valence-electron chi connectivity index (χ3n) is 14.6. The molecular weight excluding hydrogens is 879 g/mol. The van der Waals surface area contributed by atoms with E-state index in [1.807, 2.05) is 22.7 Å². The standard InChI is InChI=1S/C62H41NS2Si2/c1-6-20-44(21-7-1)63-53-40-55(42-34-36-59-51(38-42)49-30-16-18-32-57(49)66(59,45-22-8-2-9-23-45)46-24-10-3-11-25-46)64-61(53)62-54(63)41-56(65-62)43-35-37-60-52(39-43)50-31-17-19-33-58(50)67(60,47-26-12-4-13-27-47)48-28-14-5-15-29-48/h1-41H. The Labute approximate surface area is 400 Å². The lowest BCUT2D eigenvalue weighted by molar-refractivity contribution is 1.19. The van der Waals surface area contributed by atoms with Gasteiger partial charge in [0.1, 0.15) is 0 Å². The molecule has 12 aromatic rings. The molecule has 5 heteroatoms. The molecule has 0 spiro atoms. The second-order valence-electron chi connectivity index (χ2n) is 17.9. The van der Waals surface area contributed by atoms with Gasteiger partial charge in [-0.15, -0.1) is 22.7 Å². The van der Waals surface area contributed by atoms with Crippen LogP contribution in [0.25, 0.3) is 69.3 Å². The molecule has 0 saturated carbocycles. The number of benzene rings is 9. The summed E-state index contributed by atoms with van der Waals surface area (Å²) >= 11 is 3.87. The van der Waals surface area contributed by atoms with Gasteiger partial charge in [0.15, 0.2) is 16.1 Å². The zero-order chi connectivity index (χ0) is 44.1. The van der Waals surface area contributed by atoms with Crippen LogP contribution in [0.2, 0.25) is 0 Å². The Morgan fingerprint density at radius 2 is 0.612 bits per heavy atom. The molecule has 9 aromatic carbocycles. The van der Waals surface area contributed by atoms with E-state index in [1.54, 1.807) is 0 Å². The fourth-order valence-electron chi connectivity index (χ4n) is 11.9. The average molecular weight is 920 g/mol. The monoisotopic (exact) mass is 919 g/mol. The van der Waals surface area contributed by atoms with Crippen molar-refractivity contribution < 1.29 is 0 Å². The van der Waals surface area contributed by atoms with Gasteiger partial charge >= 0.3 is 0 Å². The molecule has 0 bridgehead atoms. The highest BCUT2D eigenvalue weighted by Crippen LogP contribution is 2.47. The highest BCUT2D eigenvalue weighted by atomic mass is 32.1. The second-order valence-corrected chi connectivity index (χ2v) is 27.5. The van der Waals surface area contributed by atoms with Crippen molar-refractivity contribution in [2.75, 3.05) is 0 Å². The Morgan fingerprint density at radius 3 is 1.00 bits per heavy atom. The summed E-state index contributed by atoms with van der Waals surface area (Å²) in [5.74, 6) is 0. The molecule has 0 radical (unpaired) electrons. The van der Waals surface area contributed by atoms with E-state index in [9.17, 15) is 0 Å². The summed E-state index contributed by atoms with van der Waals surface area (Å²) in [7, 11) is -5.11. The van der Waals surface area contributed by atoms with Crippen LogP contribution in [-0.4, -0.2) is 20.7 Å². The Balaban J connectivity index is 0.938. The first-order valence-corrected chi connectivity index (χ1v) is 28.7. The highest BCUT2D eigenvalue weighted by molar-refractivity contribution is 7.30. The highest BCUT2D eigenvalue weighted by Gasteiger charge is 2.50. The van der Waals surface area contributed by atoms with Gasteiger partial charge in [0.2, 0.25) is 0 Å². The summed E-state index contributed by atoms with van der Waals surface area (Å²) in [6, 6.07) is 94.2. The van der Waals surface area contributed by atoms with Crippen molar-refractivity contribution in [3.63, 3.8) is 0 Å². The molecule has 14 rings (SSSR count). The van der Waals surface area contributed by atoms with Gasteiger partial charge in [-0.25, -0.2) is 0 Å². The van der Waals surface area contributed by atoms with Crippen LogP contribution in [0.4, 0.5) is 0 Å². The number of aromatic nitrogens is 1. The minimum atomic E-state index is -2.55. The van der Waals surface area contributed by atoms with E-state index in [2.05, 4.69) is 253 Å². The molecule has 67 heavy (non-hydrogen) atoms. The van der Waals surface area contributed by atoms with Crippen molar-refractivity contribution in [1.29, 1.82) is 0 Å². The van der Waals surface area contributed by atoms with E-state index < -0.39 is 16.1 Å². The summed E-state index contributed by atoms with van der Waals surface area (Å²) in [6.07, 6.45) is 0. The number of hydrogen-bond acceptors (Lipinski definition) is 2. The first-order valence-electron chi connectivity index (χ1n) is 23.1. The Kier molecular flexibility index (Phi) is 8.74. The molecule has 0 unspecified atom stereocenters. The molecule has 5 heterocycles. The van der Waals surface area contributed by atoms with Crippen LogP contribution in [0.1, 0.15) is 0 Å². The summed E-state index contributed by atoms with van der Waals surface area (Å²) in [5.41, 5.74) is 11.7. The predicted molar refractivity (Wildman–Crippen MR) is 293 cm³/mol. The maximum absolute atomic E-state index is 2.55. The van der Waals surface area contributed by atoms with Crippen molar-refractivity contribution in [3.05, 3.63) is 249 Å². The van der Waals surface area contributed by atoms with Crippen LogP contribution in [0, 0.1) is 0 Å². The van der Waals surface area contributed by atoms with Crippen LogP contribution < -0.4 is 41.5 Å². The molecule has 0 saturated heterocycles. The van der Waals surface area contributed by atoms with Crippen LogP contribution in [0.5, 0.6) is 0 Å². The Morgan fingerprint density at radius 1 is 0.284 bits per heavy atom. The normalized spacial score (nSPS) is 13.9. The van der Waals surface area contributed by atoms with E-state index >= 15 is 0 Å². The first kappa shape index (κ1) is 38.8. The van der Waals surface area contributed by atoms with Gasteiger partial charge in [0, 0.05) is 15.4 Å². The number of nitrogens with zero attached hydrogens (tertiary/aromatic N) is 1. The minimum Gasteiger partial charge on any atom is -0.307 e. The van der Waals surface area contributed by atoms with Gasteiger partial charge < -0.3 is 4.57 Å². The number of para-hydroxylation sites is 1. The van der Waals surface area contributed by atoms with Crippen molar-refractivity contribution in [3.8, 4) is 48.8 Å². The van der Waals surface area contributed by atoms with E-state index in [1.165, 1.54) is 111 Å². The van der Waals surface area contributed by atoms with Crippen LogP contribution in [0.15, 0.2) is 249 Å². The topological polar surface area (TPSA) is 4.93 Å². The maximum Gasteiger partial charge on any atom is 0.180 e. The summed E-state index contributed by atoms with van der Waals surface area (Å²) in [5, 5.41) is 11.6. The van der Waals surface area contributed by atoms with Crippen molar-refractivity contribution in [2.45, 2.75) is 0 Å². The molecule has 0 aliphatic carbocycles. The molecule has 3 aromatic heterocycles. The van der Waals surface area contributed by atoms with Gasteiger partial charge in [0.05, 0.1) is 20.4 Å². The molecule has 2 aliphatic rings. The lowest BCUT2D eigenvalue weighted by atomic mass is 10.0. The van der Waals surface area contributed by atoms with E-state index in [0.717, 1.165) is 0 Å². The third kappa shape index (κ3) is 5.51. The lowest BCUT2D eigenvalue weighted by Gasteiger charge is -2.31. The zero-order valence-electron chi connectivity index (χ0n) is 36.4. The molecular formula is C62H41NS2Si2. The fourth-order valence-corrected chi connectivity index (χ4v) is 24.6. The molecule has 0 N–H and O–H groups in total. The van der Waals surface area contributed by atoms with Gasteiger partial charge in [-0.1, -0.05) is 212 Å². The van der Waals surface area contributed by atoms with Crippen molar-refractivity contribution >= 4 is 101 Å². The van der Waals surface area contributed by atoms with Crippen LogP contribution in [0.3, 0.4) is 0 Å². The summed E-state index contributed by atoms with van der Waals surface area (Å²) in [4.78, 5) is 2.59. The Bertz CT molecular complexity index is 3540. The zero-order valence-corrected chi connectivity index (χ0v) is 40.1. The maximum atomic E-state index is 2.50. The second kappa shape index (κ2) is 15.1. The molecule has 0 atom stereocenters. The Hall–Kier alpha value is -7.39. The van der Waals surface area contributed by atoms with E-state index in [-0.39, 0.29) is 0 Å². The van der Waals surface area contributed by atoms with Gasteiger partial charge in [-0.05, 0) is 111 Å². The van der Waals surface area contributed by atoms with Crippen LogP contribution in [-0.2, 0) is 0 Å². The lowest BCUT2D eigenvalue weighted by Crippen LogP contribution is -2.72. The predicted octanol–water partition coefficient (Wildman–Crippen LogP) is 11.0. The van der Waals surface area contributed by atoms with Gasteiger partial charge in [0.25, 0.3) is 0 Å². The average Bonchev–Trinajstić information content (AvgIpc) is 4.21. The first-order chi connectivity index (χ1) is 33.2. The van der Waals surface area contributed by atoms with Crippen molar-refractivity contribution in [2.24, 2.45) is 0 Å².